The number of methoxy groups -OCH3 is 2. The van der Waals surface area contributed by atoms with Gasteiger partial charge in [0, 0.05) is 12.5 Å². The molecule has 1 aromatic heterocycles. The van der Waals surface area contributed by atoms with Gasteiger partial charge in [-0.05, 0) is 24.3 Å². The Kier molecular flexibility index (Phi) is 5.71. The van der Waals surface area contributed by atoms with Gasteiger partial charge in [-0.2, -0.15) is 10.1 Å². The molecule has 0 bridgehead atoms. The molecule has 0 radical (unpaired) electrons. The van der Waals surface area contributed by atoms with Crippen molar-refractivity contribution in [2.75, 3.05) is 24.5 Å². The first-order chi connectivity index (χ1) is 15.5. The van der Waals surface area contributed by atoms with Crippen LogP contribution in [-0.4, -0.2) is 53.0 Å². The Hall–Kier alpha value is -4.41. The van der Waals surface area contributed by atoms with Crippen LogP contribution in [0.25, 0.3) is 11.4 Å². The Balaban J connectivity index is 1.53. The average molecular weight is 435 g/mol. The number of amides is 2. The highest BCUT2D eigenvalue weighted by Gasteiger charge is 2.35. The van der Waals surface area contributed by atoms with E-state index in [0.29, 0.717) is 28.6 Å². The number of hydrogen-bond acceptors (Lipinski definition) is 8. The third-order valence-corrected chi connectivity index (χ3v) is 4.90. The molecular weight excluding hydrogens is 414 g/mol. The van der Waals surface area contributed by atoms with E-state index >= 15 is 0 Å². The number of H-pyrrole nitrogens is 1. The number of rotatable bonds is 7. The molecule has 1 atom stereocenters. The van der Waals surface area contributed by atoms with Gasteiger partial charge in [0.05, 0.1) is 25.5 Å². The molecule has 11 heteroatoms. The second kappa shape index (κ2) is 8.76. The van der Waals surface area contributed by atoms with Crippen LogP contribution in [0.1, 0.15) is 6.42 Å². The van der Waals surface area contributed by atoms with Crippen LogP contribution in [0.3, 0.4) is 0 Å². The number of aromatic amines is 1. The van der Waals surface area contributed by atoms with Gasteiger partial charge in [0.1, 0.15) is 23.3 Å². The first kappa shape index (κ1) is 20.8. The Morgan fingerprint density at radius 1 is 1.16 bits per heavy atom. The van der Waals surface area contributed by atoms with E-state index in [2.05, 4.69) is 25.6 Å². The van der Waals surface area contributed by atoms with Crippen LogP contribution in [0, 0.1) is 0 Å². The van der Waals surface area contributed by atoms with Crippen molar-refractivity contribution >= 4 is 29.2 Å². The van der Waals surface area contributed by atoms with Gasteiger partial charge in [-0.1, -0.05) is 18.2 Å². The number of aromatic nitrogens is 3. The summed E-state index contributed by atoms with van der Waals surface area (Å²) in [5.74, 6) is 0.508. The number of carbonyl (C=O) groups excluding carboxylic acids is 2. The molecule has 0 saturated heterocycles. The van der Waals surface area contributed by atoms with Gasteiger partial charge in [-0.25, -0.2) is 0 Å². The summed E-state index contributed by atoms with van der Waals surface area (Å²) in [7, 11) is 3.09. The first-order valence-electron chi connectivity index (χ1n) is 9.67. The summed E-state index contributed by atoms with van der Waals surface area (Å²) in [5.41, 5.74) is 6.96. The minimum Gasteiger partial charge on any atom is -0.497 e. The quantitative estimate of drug-likeness (QED) is 0.510. The van der Waals surface area contributed by atoms with Gasteiger partial charge < -0.3 is 15.2 Å². The van der Waals surface area contributed by atoms with Gasteiger partial charge in [0.2, 0.25) is 11.9 Å². The maximum Gasteiger partial charge on any atom is 0.274 e. The van der Waals surface area contributed by atoms with Crippen molar-refractivity contribution in [1.29, 1.82) is 0 Å². The van der Waals surface area contributed by atoms with E-state index in [1.54, 1.807) is 37.4 Å². The van der Waals surface area contributed by atoms with Gasteiger partial charge in [-0.15, -0.1) is 5.10 Å². The van der Waals surface area contributed by atoms with Crippen molar-refractivity contribution in [2.24, 2.45) is 10.8 Å². The zero-order chi connectivity index (χ0) is 22.7. The maximum atomic E-state index is 12.8. The fraction of sp³-hybridized carbons (Fsp3) is 0.190. The normalized spacial score (nSPS) is 15.2. The second-order valence-electron chi connectivity index (χ2n) is 6.88. The monoisotopic (exact) mass is 435 g/mol. The molecule has 11 nitrogen and oxygen atoms in total. The van der Waals surface area contributed by atoms with Crippen molar-refractivity contribution in [2.45, 2.75) is 12.5 Å². The number of benzene rings is 2. The molecule has 2 aromatic carbocycles. The number of hydrazone groups is 1. The average Bonchev–Trinajstić information content (AvgIpc) is 3.47. The number of nitrogens with two attached hydrogens (primary N) is 1. The minimum absolute atomic E-state index is 0.0550. The number of nitrogens with one attached hydrogen (secondary N) is 2. The minimum atomic E-state index is -0.760. The predicted molar refractivity (Wildman–Crippen MR) is 118 cm³/mol. The molecule has 2 heterocycles. The molecule has 4 N–H and O–H groups in total. The number of ether oxygens (including phenoxy) is 2. The Labute approximate surface area is 183 Å². The lowest BCUT2D eigenvalue weighted by atomic mass is 10.1. The van der Waals surface area contributed by atoms with E-state index in [1.165, 1.54) is 12.1 Å². The summed E-state index contributed by atoms with van der Waals surface area (Å²) in [6.07, 6.45) is 0.0691. The predicted octanol–water partition coefficient (Wildman–Crippen LogP) is 1.55. The molecule has 2 amide bonds. The van der Waals surface area contributed by atoms with E-state index in [0.717, 1.165) is 0 Å². The van der Waals surface area contributed by atoms with Crippen LogP contribution in [0.4, 0.5) is 11.6 Å². The van der Waals surface area contributed by atoms with Crippen molar-refractivity contribution < 1.29 is 19.1 Å². The third-order valence-electron chi connectivity index (χ3n) is 4.90. The fourth-order valence-electron chi connectivity index (χ4n) is 3.29. The number of primary amides is 1. The molecule has 32 heavy (non-hydrogen) atoms. The summed E-state index contributed by atoms with van der Waals surface area (Å²) in [6, 6.07) is 13.5. The van der Waals surface area contributed by atoms with Crippen LogP contribution >= 0.6 is 0 Å². The highest BCUT2D eigenvalue weighted by molar-refractivity contribution is 6.44. The van der Waals surface area contributed by atoms with Crippen LogP contribution in [0.2, 0.25) is 0 Å². The summed E-state index contributed by atoms with van der Waals surface area (Å²) in [5, 5.41) is 15.2. The topological polar surface area (TPSA) is 148 Å². The van der Waals surface area contributed by atoms with Gasteiger partial charge in [0.25, 0.3) is 5.91 Å². The SMILES string of the molecule is COc1ccc(-c2nc(NC(=O)C3=NN(c4ccccc4)C(C(N)=O)C3)n[nH]2)c(OC)c1. The number of para-hydroxylation sites is 1. The van der Waals surface area contributed by atoms with Gasteiger partial charge >= 0.3 is 0 Å². The maximum absolute atomic E-state index is 12.8. The van der Waals surface area contributed by atoms with Gasteiger partial charge in [-0.3, -0.25) is 25.0 Å². The summed E-state index contributed by atoms with van der Waals surface area (Å²) < 4.78 is 10.6. The smallest absolute Gasteiger partial charge is 0.274 e. The third kappa shape index (κ3) is 4.08. The highest BCUT2D eigenvalue weighted by atomic mass is 16.5. The largest absolute Gasteiger partial charge is 0.497 e. The molecular formula is C21H21N7O4. The van der Waals surface area contributed by atoms with Crippen molar-refractivity contribution in [1.82, 2.24) is 15.2 Å². The van der Waals surface area contributed by atoms with E-state index in [4.69, 9.17) is 15.2 Å². The fourth-order valence-corrected chi connectivity index (χ4v) is 3.29. The van der Waals surface area contributed by atoms with Crippen LogP contribution in [-0.2, 0) is 9.59 Å². The molecule has 0 aliphatic carbocycles. The highest BCUT2D eigenvalue weighted by Crippen LogP contribution is 2.31. The lowest BCUT2D eigenvalue weighted by Crippen LogP contribution is -2.39. The van der Waals surface area contributed by atoms with Crippen molar-refractivity contribution in [3.05, 3.63) is 48.5 Å². The zero-order valence-electron chi connectivity index (χ0n) is 17.4. The summed E-state index contributed by atoms with van der Waals surface area (Å²) >= 11 is 0. The molecule has 4 rings (SSSR count). The molecule has 0 fully saturated rings. The first-order valence-corrected chi connectivity index (χ1v) is 9.67. The zero-order valence-corrected chi connectivity index (χ0v) is 17.4. The molecule has 1 unspecified atom stereocenters. The second-order valence-corrected chi connectivity index (χ2v) is 6.88. The van der Waals surface area contributed by atoms with E-state index in [9.17, 15) is 9.59 Å². The molecule has 164 valence electrons. The standard InChI is InChI=1S/C21H21N7O4/c1-31-13-8-9-14(17(10-13)32-2)19-23-21(26-25-19)24-20(30)15-11-16(18(22)29)28(27-15)12-6-4-3-5-7-12/h3-10,16H,11H2,1-2H3,(H2,22,29)(H2,23,24,25,26,30). The van der Waals surface area contributed by atoms with Crippen LogP contribution < -0.4 is 25.5 Å². The van der Waals surface area contributed by atoms with Crippen molar-refractivity contribution in [3.63, 3.8) is 0 Å². The molecule has 0 spiro atoms. The number of anilines is 2. The molecule has 1 aliphatic rings. The Bertz CT molecular complexity index is 1180. The molecule has 1 aliphatic heterocycles. The number of carbonyl (C=O) groups is 2. The van der Waals surface area contributed by atoms with Gasteiger partial charge in [0.15, 0.2) is 5.82 Å². The number of hydrogen-bond donors (Lipinski definition) is 3. The Morgan fingerprint density at radius 2 is 1.94 bits per heavy atom. The molecule has 0 saturated carbocycles. The lowest BCUT2D eigenvalue weighted by Gasteiger charge is -2.20. The molecule has 3 aromatic rings. The van der Waals surface area contributed by atoms with Crippen LogP contribution in [0.15, 0.2) is 53.6 Å². The lowest BCUT2D eigenvalue weighted by molar-refractivity contribution is -0.119. The van der Waals surface area contributed by atoms with E-state index in [-0.39, 0.29) is 18.1 Å². The van der Waals surface area contributed by atoms with Crippen molar-refractivity contribution in [3.8, 4) is 22.9 Å². The summed E-state index contributed by atoms with van der Waals surface area (Å²) in [4.78, 5) is 29.0. The Morgan fingerprint density at radius 3 is 2.62 bits per heavy atom. The number of nitrogens with zero attached hydrogens (tertiary/aromatic N) is 4. The van der Waals surface area contributed by atoms with E-state index < -0.39 is 17.9 Å². The van der Waals surface area contributed by atoms with Crippen LogP contribution in [0.5, 0.6) is 11.5 Å². The van der Waals surface area contributed by atoms with E-state index in [1.807, 2.05) is 18.2 Å². The summed E-state index contributed by atoms with van der Waals surface area (Å²) in [6.45, 7) is 0.